The minimum Gasteiger partial charge on any atom is -0.351 e. The van der Waals surface area contributed by atoms with Crippen molar-refractivity contribution in [3.05, 3.63) is 45.6 Å². The van der Waals surface area contributed by atoms with E-state index in [9.17, 15) is 9.59 Å². The van der Waals surface area contributed by atoms with Crippen molar-refractivity contribution in [2.75, 3.05) is 26.2 Å². The smallest absolute Gasteiger partial charge is 0.261 e. The summed E-state index contributed by atoms with van der Waals surface area (Å²) in [7, 11) is 0. The number of likely N-dealkylation sites (tertiary alicyclic amines) is 1. The number of aromatic amines is 1. The van der Waals surface area contributed by atoms with Crippen molar-refractivity contribution in [3.63, 3.8) is 0 Å². The molecule has 1 aliphatic heterocycles. The third kappa shape index (κ3) is 3.98. The molecule has 0 bridgehead atoms. The van der Waals surface area contributed by atoms with Gasteiger partial charge < -0.3 is 15.2 Å². The van der Waals surface area contributed by atoms with Gasteiger partial charge in [-0.2, -0.15) is 0 Å². The van der Waals surface area contributed by atoms with Crippen molar-refractivity contribution in [1.29, 1.82) is 0 Å². The van der Waals surface area contributed by atoms with Crippen LogP contribution in [0.4, 0.5) is 0 Å². The highest BCUT2D eigenvalue weighted by Crippen LogP contribution is 2.29. The third-order valence-electron chi connectivity index (χ3n) is 5.50. The summed E-state index contributed by atoms with van der Waals surface area (Å²) in [5.41, 5.74) is 0.663. The van der Waals surface area contributed by atoms with Crippen molar-refractivity contribution in [1.82, 2.24) is 15.2 Å². The molecule has 4 rings (SSSR count). The van der Waals surface area contributed by atoms with Crippen LogP contribution in [0.25, 0.3) is 21.0 Å². The number of amides is 1. The molecule has 1 amide bonds. The molecule has 0 spiro atoms. The number of nitrogens with one attached hydrogen (secondary N) is 2. The lowest BCUT2D eigenvalue weighted by Crippen LogP contribution is -2.40. The Morgan fingerprint density at radius 1 is 1.21 bits per heavy atom. The predicted octanol–water partition coefficient (Wildman–Crippen LogP) is 3.84. The second kappa shape index (κ2) is 8.05. The summed E-state index contributed by atoms with van der Waals surface area (Å²) in [6.45, 7) is 8.62. The van der Waals surface area contributed by atoms with Crippen LogP contribution in [0.5, 0.6) is 0 Å². The molecular weight excluding hydrogens is 370 g/mol. The number of H-pyrrole nitrogens is 1. The summed E-state index contributed by atoms with van der Waals surface area (Å²) in [5, 5.41) is 4.59. The SMILES string of the molecule is C[C@@H]1C[C@H](C)CN(CCCNC(=O)c2cc3c(=O)[nH]c4ccccc4c3s2)C1. The summed E-state index contributed by atoms with van der Waals surface area (Å²) in [4.78, 5) is 30.9. The zero-order valence-corrected chi connectivity index (χ0v) is 17.3. The Morgan fingerprint density at radius 3 is 2.75 bits per heavy atom. The number of hydrogen-bond acceptors (Lipinski definition) is 4. The van der Waals surface area contributed by atoms with Crippen molar-refractivity contribution < 1.29 is 4.79 Å². The maximum atomic E-state index is 12.6. The van der Waals surface area contributed by atoms with E-state index in [1.165, 1.54) is 17.8 Å². The van der Waals surface area contributed by atoms with Gasteiger partial charge in [0.2, 0.25) is 0 Å². The van der Waals surface area contributed by atoms with Gasteiger partial charge in [-0.25, -0.2) is 0 Å². The highest BCUT2D eigenvalue weighted by molar-refractivity contribution is 7.21. The molecule has 6 heteroatoms. The summed E-state index contributed by atoms with van der Waals surface area (Å²) in [5.74, 6) is 1.42. The van der Waals surface area contributed by atoms with Crippen LogP contribution in [-0.2, 0) is 0 Å². The van der Waals surface area contributed by atoms with Gasteiger partial charge in [-0.15, -0.1) is 11.3 Å². The Bertz CT molecular complexity index is 1040. The standard InChI is InChI=1S/C22H27N3O2S/c1-14-10-15(2)13-25(12-14)9-5-8-23-22(27)19-11-17-20(28-19)16-6-3-4-7-18(16)24-21(17)26/h3-4,6-7,11,14-15H,5,8-10,12-13H2,1-2H3,(H,23,27)(H,24,26)/t14-,15+. The number of rotatable bonds is 5. The van der Waals surface area contributed by atoms with E-state index in [4.69, 9.17) is 0 Å². The predicted molar refractivity (Wildman–Crippen MR) is 116 cm³/mol. The quantitative estimate of drug-likeness (QED) is 0.643. The van der Waals surface area contributed by atoms with E-state index < -0.39 is 0 Å². The molecule has 0 unspecified atom stereocenters. The second-order valence-corrected chi connectivity index (χ2v) is 9.22. The average Bonchev–Trinajstić information content (AvgIpc) is 3.11. The number of carbonyl (C=O) groups is 1. The summed E-state index contributed by atoms with van der Waals surface area (Å²) in [6, 6.07) is 9.43. The van der Waals surface area contributed by atoms with Crippen LogP contribution in [-0.4, -0.2) is 42.0 Å². The van der Waals surface area contributed by atoms with E-state index in [-0.39, 0.29) is 11.5 Å². The first-order chi connectivity index (χ1) is 13.5. The average molecular weight is 398 g/mol. The molecule has 5 nitrogen and oxygen atoms in total. The topological polar surface area (TPSA) is 65.2 Å². The minimum atomic E-state index is -0.141. The summed E-state index contributed by atoms with van der Waals surface area (Å²) in [6.07, 6.45) is 2.26. The maximum absolute atomic E-state index is 12.6. The van der Waals surface area contributed by atoms with Crippen LogP contribution >= 0.6 is 11.3 Å². The molecular formula is C22H27N3O2S. The number of para-hydroxylation sites is 1. The lowest BCUT2D eigenvalue weighted by molar-refractivity contribution is 0.0951. The van der Waals surface area contributed by atoms with Crippen LogP contribution in [0.15, 0.2) is 35.1 Å². The van der Waals surface area contributed by atoms with Crippen LogP contribution in [0.3, 0.4) is 0 Å². The first kappa shape index (κ1) is 19.2. The Balaban J connectivity index is 1.40. The lowest BCUT2D eigenvalue weighted by Gasteiger charge is -2.34. The molecule has 28 heavy (non-hydrogen) atoms. The Labute approximate surface area is 168 Å². The zero-order valence-electron chi connectivity index (χ0n) is 16.5. The molecule has 2 N–H and O–H groups in total. The molecule has 3 heterocycles. The number of pyridine rings is 1. The largest absolute Gasteiger partial charge is 0.351 e. The molecule has 0 radical (unpaired) electrons. The molecule has 0 saturated carbocycles. The summed E-state index contributed by atoms with van der Waals surface area (Å²) < 4.78 is 0.876. The molecule has 2 aromatic heterocycles. The normalized spacial score (nSPS) is 20.6. The van der Waals surface area contributed by atoms with Crippen LogP contribution in [0, 0.1) is 11.8 Å². The lowest BCUT2D eigenvalue weighted by atomic mass is 9.92. The van der Waals surface area contributed by atoms with Gasteiger partial charge in [0.25, 0.3) is 11.5 Å². The van der Waals surface area contributed by atoms with Gasteiger partial charge >= 0.3 is 0 Å². The monoisotopic (exact) mass is 397 g/mol. The number of piperidine rings is 1. The van der Waals surface area contributed by atoms with E-state index in [2.05, 4.69) is 29.0 Å². The maximum Gasteiger partial charge on any atom is 0.261 e. The van der Waals surface area contributed by atoms with Gasteiger partial charge in [0.05, 0.1) is 10.3 Å². The molecule has 148 valence electrons. The van der Waals surface area contributed by atoms with E-state index >= 15 is 0 Å². The first-order valence-electron chi connectivity index (χ1n) is 10.1. The van der Waals surface area contributed by atoms with Gasteiger partial charge in [0.1, 0.15) is 0 Å². The number of aromatic nitrogens is 1. The van der Waals surface area contributed by atoms with Crippen LogP contribution < -0.4 is 10.9 Å². The number of thiophene rings is 1. The Morgan fingerprint density at radius 2 is 1.96 bits per heavy atom. The zero-order chi connectivity index (χ0) is 19.7. The highest BCUT2D eigenvalue weighted by atomic mass is 32.1. The molecule has 1 fully saturated rings. The van der Waals surface area contributed by atoms with Crippen LogP contribution in [0.2, 0.25) is 0 Å². The number of carbonyl (C=O) groups excluding carboxylic acids is 1. The van der Waals surface area contributed by atoms with Crippen molar-refractivity contribution in [2.24, 2.45) is 11.8 Å². The van der Waals surface area contributed by atoms with Gasteiger partial charge in [-0.1, -0.05) is 32.0 Å². The third-order valence-corrected chi connectivity index (χ3v) is 6.67. The molecule has 2 atom stereocenters. The van der Waals surface area contributed by atoms with Crippen molar-refractivity contribution in [3.8, 4) is 0 Å². The van der Waals surface area contributed by atoms with E-state index in [1.54, 1.807) is 6.07 Å². The van der Waals surface area contributed by atoms with E-state index in [0.717, 1.165) is 53.5 Å². The molecule has 1 aromatic carbocycles. The first-order valence-corrected chi connectivity index (χ1v) is 10.9. The van der Waals surface area contributed by atoms with Gasteiger partial charge in [0, 0.05) is 35.2 Å². The molecule has 1 aliphatic rings. The van der Waals surface area contributed by atoms with E-state index in [0.29, 0.717) is 16.8 Å². The number of hydrogen-bond donors (Lipinski definition) is 2. The summed E-state index contributed by atoms with van der Waals surface area (Å²) >= 11 is 1.39. The van der Waals surface area contributed by atoms with Gasteiger partial charge in [0.15, 0.2) is 0 Å². The minimum absolute atomic E-state index is 0.0925. The number of fused-ring (bicyclic) bond motifs is 3. The van der Waals surface area contributed by atoms with E-state index in [1.807, 2.05) is 24.3 Å². The number of nitrogens with zero attached hydrogens (tertiary/aromatic N) is 1. The highest BCUT2D eigenvalue weighted by Gasteiger charge is 2.21. The Kier molecular flexibility index (Phi) is 5.51. The fourth-order valence-electron chi connectivity index (χ4n) is 4.42. The molecule has 1 saturated heterocycles. The molecule has 0 aliphatic carbocycles. The van der Waals surface area contributed by atoms with Crippen LogP contribution in [0.1, 0.15) is 36.4 Å². The fraction of sp³-hybridized carbons (Fsp3) is 0.455. The second-order valence-electron chi connectivity index (χ2n) is 8.17. The van der Waals surface area contributed by atoms with Gasteiger partial charge in [-0.3, -0.25) is 9.59 Å². The van der Waals surface area contributed by atoms with Crippen molar-refractivity contribution >= 4 is 38.2 Å². The fourth-order valence-corrected chi connectivity index (χ4v) is 5.53. The van der Waals surface area contributed by atoms with Crippen molar-refractivity contribution in [2.45, 2.75) is 26.7 Å². The molecule has 3 aromatic rings. The number of benzene rings is 1. The Hall–Kier alpha value is -2.18. The van der Waals surface area contributed by atoms with Gasteiger partial charge in [-0.05, 0) is 43.4 Å².